The Labute approximate surface area is 317 Å². The number of fused-ring (bicyclic) bond motifs is 13. The van der Waals surface area contributed by atoms with Gasteiger partial charge in [-0.1, -0.05) is 127 Å². The van der Waals surface area contributed by atoms with Crippen molar-refractivity contribution in [2.24, 2.45) is 0 Å². The van der Waals surface area contributed by atoms with E-state index in [4.69, 9.17) is 14.4 Å². The molecule has 55 heavy (non-hydrogen) atoms. The second-order valence-corrected chi connectivity index (χ2v) is 14.8. The molecule has 0 saturated heterocycles. The summed E-state index contributed by atoms with van der Waals surface area (Å²) in [5.74, 6) is 0.778. The number of allylic oxidation sites excluding steroid dienone is 4. The fourth-order valence-electron chi connectivity index (χ4n) is 8.99. The van der Waals surface area contributed by atoms with E-state index in [2.05, 4.69) is 168 Å². The van der Waals surface area contributed by atoms with Gasteiger partial charge in [-0.3, -0.25) is 0 Å². The Bertz CT molecular complexity index is 3270. The highest BCUT2D eigenvalue weighted by molar-refractivity contribution is 6.17. The van der Waals surface area contributed by atoms with Crippen LogP contribution in [-0.2, 0) is 6.42 Å². The predicted octanol–water partition coefficient (Wildman–Crippen LogP) is 13.3. The molecule has 4 heteroatoms. The second kappa shape index (κ2) is 11.7. The molecule has 0 unspecified atom stereocenters. The molecule has 4 heterocycles. The Morgan fingerprint density at radius 1 is 0.564 bits per heavy atom. The number of para-hydroxylation sites is 1. The van der Waals surface area contributed by atoms with Gasteiger partial charge in [0, 0.05) is 44.7 Å². The first-order chi connectivity index (χ1) is 27.2. The standard InChI is InChI=1S/C51H33N3O/c1-3-11-32(12-4-1)33-20-22-34(23-21-33)47-43-27-31-19-24-38-42-29-36-15-7-8-16-37(36)30-45(42)54(44(38)28-31)49-41(48(43)53-51(52-47)35-13-5-2-6-14-35)26-25-40-39-17-9-10-18-46(39)55-50(40)49/h1-5,7-13,15-26,28-30H,6,14,27H2. The van der Waals surface area contributed by atoms with Crippen molar-refractivity contribution in [1.82, 2.24) is 14.5 Å². The number of hydrogen-bond donors (Lipinski definition) is 0. The molecular formula is C51H33N3O. The summed E-state index contributed by atoms with van der Waals surface area (Å²) < 4.78 is 9.40. The van der Waals surface area contributed by atoms with Crippen LogP contribution in [0.5, 0.6) is 0 Å². The minimum absolute atomic E-state index is 0.682. The number of rotatable bonds is 3. The van der Waals surface area contributed by atoms with E-state index in [9.17, 15) is 0 Å². The van der Waals surface area contributed by atoms with Gasteiger partial charge in [-0.25, -0.2) is 9.97 Å². The zero-order valence-corrected chi connectivity index (χ0v) is 30.0. The number of furan rings is 1. The monoisotopic (exact) mass is 703 g/mol. The average molecular weight is 704 g/mol. The molecular weight excluding hydrogens is 671 g/mol. The quantitative estimate of drug-likeness (QED) is 0.184. The van der Waals surface area contributed by atoms with Crippen LogP contribution >= 0.6 is 0 Å². The van der Waals surface area contributed by atoms with Crippen LogP contribution in [0.25, 0.3) is 99.4 Å². The Morgan fingerprint density at radius 2 is 1.29 bits per heavy atom. The predicted molar refractivity (Wildman–Crippen MR) is 227 cm³/mol. The van der Waals surface area contributed by atoms with Crippen LogP contribution in [0.2, 0.25) is 0 Å². The van der Waals surface area contributed by atoms with Crippen LogP contribution in [-0.4, -0.2) is 14.5 Å². The van der Waals surface area contributed by atoms with Gasteiger partial charge in [-0.15, -0.1) is 0 Å². The third kappa shape index (κ3) is 4.64. The van der Waals surface area contributed by atoms with Gasteiger partial charge < -0.3 is 8.98 Å². The molecule has 0 radical (unpaired) electrons. The first-order valence-electron chi connectivity index (χ1n) is 19.1. The van der Waals surface area contributed by atoms with Crippen molar-refractivity contribution in [3.05, 3.63) is 181 Å². The van der Waals surface area contributed by atoms with Gasteiger partial charge in [-0.2, -0.15) is 0 Å². The summed E-state index contributed by atoms with van der Waals surface area (Å²) in [5.41, 5.74) is 14.9. The van der Waals surface area contributed by atoms with Gasteiger partial charge in [0.1, 0.15) is 5.58 Å². The number of nitrogens with zero attached hydrogens (tertiary/aromatic N) is 3. The molecule has 0 amide bonds. The largest absolute Gasteiger partial charge is 0.454 e. The Kier molecular flexibility index (Phi) is 6.49. The molecule has 4 nitrogen and oxygen atoms in total. The molecule has 0 fully saturated rings. The molecule has 1 aliphatic carbocycles. The molecule has 2 bridgehead atoms. The van der Waals surface area contributed by atoms with Crippen LogP contribution in [0.15, 0.2) is 168 Å². The summed E-state index contributed by atoms with van der Waals surface area (Å²) in [6.45, 7) is 0. The van der Waals surface area contributed by atoms with Crippen molar-refractivity contribution in [3.8, 4) is 39.3 Å². The zero-order chi connectivity index (χ0) is 36.0. The number of benzene rings is 7. The van der Waals surface area contributed by atoms with Crippen molar-refractivity contribution in [2.75, 3.05) is 0 Å². The summed E-state index contributed by atoms with van der Waals surface area (Å²) in [5, 5.41) is 7.07. The third-order valence-electron chi connectivity index (χ3n) is 11.7. The lowest BCUT2D eigenvalue weighted by Crippen LogP contribution is -2.08. The average Bonchev–Trinajstić information content (AvgIpc) is 3.78. The third-order valence-corrected chi connectivity index (χ3v) is 11.7. The van der Waals surface area contributed by atoms with Gasteiger partial charge in [0.15, 0.2) is 11.4 Å². The molecule has 12 rings (SSSR count). The van der Waals surface area contributed by atoms with Crippen LogP contribution in [0.3, 0.4) is 0 Å². The Morgan fingerprint density at radius 3 is 2.15 bits per heavy atom. The molecule has 0 spiro atoms. The van der Waals surface area contributed by atoms with Crippen molar-refractivity contribution in [2.45, 2.75) is 19.3 Å². The lowest BCUT2D eigenvalue weighted by Gasteiger charge is -2.20. The van der Waals surface area contributed by atoms with E-state index >= 15 is 0 Å². The summed E-state index contributed by atoms with van der Waals surface area (Å²) in [7, 11) is 0. The van der Waals surface area contributed by atoms with Crippen molar-refractivity contribution < 1.29 is 4.42 Å². The summed E-state index contributed by atoms with van der Waals surface area (Å²) in [6.07, 6.45) is 9.09. The van der Waals surface area contributed by atoms with Crippen LogP contribution in [0, 0.1) is 0 Å². The molecule has 0 N–H and O–H groups in total. The SMILES string of the molecule is C1=CCCC(c2nc(-c3ccc(-c4ccccc4)cc3)c3c(n2)-c2ccc4c(oc5ccccc54)c2-n2c4cc(ccc4c4cc5ccccc5cc42)C3)=C1. The lowest BCUT2D eigenvalue weighted by atomic mass is 9.92. The maximum atomic E-state index is 6.94. The topological polar surface area (TPSA) is 43.9 Å². The van der Waals surface area contributed by atoms with Gasteiger partial charge in [0.05, 0.1) is 28.1 Å². The number of hydrogen-bond acceptors (Lipinski definition) is 3. The van der Waals surface area contributed by atoms with Crippen LogP contribution < -0.4 is 0 Å². The second-order valence-electron chi connectivity index (χ2n) is 14.8. The summed E-state index contributed by atoms with van der Waals surface area (Å²) in [6, 6.07) is 52.7. The number of aromatic nitrogens is 3. The highest BCUT2D eigenvalue weighted by Gasteiger charge is 2.28. The van der Waals surface area contributed by atoms with Gasteiger partial charge in [-0.05, 0) is 82.3 Å². The van der Waals surface area contributed by atoms with E-state index in [0.717, 1.165) is 91.0 Å². The van der Waals surface area contributed by atoms with Crippen LogP contribution in [0.1, 0.15) is 29.8 Å². The van der Waals surface area contributed by atoms with Gasteiger partial charge in [0.25, 0.3) is 0 Å². The molecule has 0 saturated carbocycles. The van der Waals surface area contributed by atoms with Gasteiger partial charge >= 0.3 is 0 Å². The molecule has 7 aromatic carbocycles. The maximum Gasteiger partial charge on any atom is 0.160 e. The highest BCUT2D eigenvalue weighted by atomic mass is 16.3. The van der Waals surface area contributed by atoms with Crippen molar-refractivity contribution in [1.29, 1.82) is 0 Å². The van der Waals surface area contributed by atoms with E-state index in [1.165, 1.54) is 38.2 Å². The van der Waals surface area contributed by atoms with Crippen molar-refractivity contribution in [3.63, 3.8) is 0 Å². The lowest BCUT2D eigenvalue weighted by molar-refractivity contribution is 0.666. The summed E-state index contributed by atoms with van der Waals surface area (Å²) >= 11 is 0. The Hall–Kier alpha value is -7.04. The smallest absolute Gasteiger partial charge is 0.160 e. The highest BCUT2D eigenvalue weighted by Crippen LogP contribution is 2.46. The van der Waals surface area contributed by atoms with E-state index in [0.29, 0.717) is 6.42 Å². The minimum Gasteiger partial charge on any atom is -0.454 e. The van der Waals surface area contributed by atoms with Crippen LogP contribution in [0.4, 0.5) is 0 Å². The zero-order valence-electron chi connectivity index (χ0n) is 30.0. The molecule has 3 aromatic heterocycles. The fraction of sp³-hybridized carbons (Fsp3) is 0.0588. The van der Waals surface area contributed by atoms with Gasteiger partial charge in [0.2, 0.25) is 0 Å². The fourth-order valence-corrected chi connectivity index (χ4v) is 8.99. The van der Waals surface area contributed by atoms with E-state index in [1.807, 2.05) is 0 Å². The molecule has 258 valence electrons. The Balaban J connectivity index is 1.22. The molecule has 2 aliphatic rings. The van der Waals surface area contributed by atoms with E-state index in [-0.39, 0.29) is 0 Å². The normalized spacial score (nSPS) is 13.6. The summed E-state index contributed by atoms with van der Waals surface area (Å²) in [4.78, 5) is 11.1. The molecule has 1 aliphatic heterocycles. The van der Waals surface area contributed by atoms with Crippen molar-refractivity contribution >= 4 is 60.1 Å². The first-order valence-corrected chi connectivity index (χ1v) is 19.1. The molecule has 0 atom stereocenters. The van der Waals surface area contributed by atoms with E-state index in [1.54, 1.807) is 0 Å². The van der Waals surface area contributed by atoms with E-state index < -0.39 is 0 Å². The minimum atomic E-state index is 0.682. The molecule has 10 aromatic rings. The maximum absolute atomic E-state index is 6.94. The first kappa shape index (κ1) is 30.4.